The van der Waals surface area contributed by atoms with Gasteiger partial charge in [-0.05, 0) is 75.6 Å². The van der Waals surface area contributed by atoms with Crippen molar-refractivity contribution in [2.24, 2.45) is 11.8 Å². The molecule has 12 heteroatoms. The fourth-order valence-electron chi connectivity index (χ4n) is 6.41. The molecule has 2 aliphatic heterocycles. The molecule has 3 aromatic rings. The van der Waals surface area contributed by atoms with Crippen LogP contribution in [-0.4, -0.2) is 90.5 Å². The molecular weight excluding hydrogens is 609 g/mol. The highest BCUT2D eigenvalue weighted by atomic mass is 19.1. The zero-order valence-corrected chi connectivity index (χ0v) is 27.0. The van der Waals surface area contributed by atoms with Crippen LogP contribution in [0.4, 0.5) is 9.18 Å². The Labute approximate surface area is 272 Å². The van der Waals surface area contributed by atoms with Crippen LogP contribution in [0.3, 0.4) is 0 Å². The Morgan fingerprint density at radius 3 is 2.09 bits per heavy atom. The number of Topliss-reactive ketones (excluding diaryl/α,β-unsaturated/α-hetero) is 1. The maximum atomic E-state index is 13.9. The predicted octanol–water partition coefficient (Wildman–Crippen LogP) is 4.87. The highest BCUT2D eigenvalue weighted by Gasteiger charge is 2.34. The van der Waals surface area contributed by atoms with Crippen molar-refractivity contribution in [2.75, 3.05) is 46.5 Å². The lowest BCUT2D eigenvalue weighted by Crippen LogP contribution is -2.43. The molecule has 3 heterocycles. The molecule has 0 N–H and O–H groups in total. The third-order valence-electron chi connectivity index (χ3n) is 9.00. The van der Waals surface area contributed by atoms with E-state index in [1.165, 1.54) is 42.5 Å². The molecule has 5 rings (SSSR count). The van der Waals surface area contributed by atoms with Crippen LogP contribution in [0.1, 0.15) is 65.8 Å². The number of carbonyl (C=O) groups excluding carboxylic acids is 5. The maximum absolute atomic E-state index is 13.9. The van der Waals surface area contributed by atoms with Crippen LogP contribution in [0.5, 0.6) is 5.75 Å². The van der Waals surface area contributed by atoms with Crippen LogP contribution < -0.4 is 4.74 Å². The minimum absolute atomic E-state index is 0.0414. The van der Waals surface area contributed by atoms with E-state index in [1.807, 2.05) is 0 Å². The monoisotopic (exact) mass is 649 g/mol. The first-order valence-electron chi connectivity index (χ1n) is 16.1. The maximum Gasteiger partial charge on any atom is 0.418 e. The molecule has 11 nitrogen and oxygen atoms in total. The highest BCUT2D eigenvalue weighted by molar-refractivity contribution is 6.45. The summed E-state index contributed by atoms with van der Waals surface area (Å²) in [5.41, 5.74) is 1.46. The second-order valence-electron chi connectivity index (χ2n) is 11.9. The molecular formula is C35H40FN3O8. The molecule has 0 unspecified atom stereocenters. The molecule has 47 heavy (non-hydrogen) atoms. The Hall–Kier alpha value is -4.74. The molecule has 2 aliphatic rings. The first-order valence-corrected chi connectivity index (χ1v) is 16.1. The van der Waals surface area contributed by atoms with E-state index in [9.17, 15) is 28.4 Å². The van der Waals surface area contributed by atoms with E-state index < -0.39 is 17.8 Å². The van der Waals surface area contributed by atoms with Crippen molar-refractivity contribution >= 4 is 40.6 Å². The average Bonchev–Trinajstić information content (AvgIpc) is 3.47. The number of rotatable bonds is 9. The number of halogens is 1. The van der Waals surface area contributed by atoms with E-state index in [1.54, 1.807) is 30.9 Å². The molecule has 0 bridgehead atoms. The number of ketones is 1. The van der Waals surface area contributed by atoms with Crippen LogP contribution in [0, 0.1) is 17.7 Å². The lowest BCUT2D eigenvalue weighted by atomic mass is 9.90. The van der Waals surface area contributed by atoms with Gasteiger partial charge in [-0.2, -0.15) is 0 Å². The highest BCUT2D eigenvalue weighted by Crippen LogP contribution is 2.33. The van der Waals surface area contributed by atoms with Crippen LogP contribution in [-0.2, 0) is 25.5 Å². The molecule has 2 saturated heterocycles. The number of hydrogen-bond acceptors (Lipinski definition) is 8. The second kappa shape index (κ2) is 14.8. The van der Waals surface area contributed by atoms with E-state index in [2.05, 4.69) is 0 Å². The Bertz CT molecular complexity index is 1650. The van der Waals surface area contributed by atoms with Crippen molar-refractivity contribution in [2.45, 2.75) is 46.0 Å². The molecule has 0 atom stereocenters. The summed E-state index contributed by atoms with van der Waals surface area (Å²) in [5.74, 6) is -2.27. The number of methoxy groups -OCH3 is 1. The predicted molar refractivity (Wildman–Crippen MR) is 170 cm³/mol. The summed E-state index contributed by atoms with van der Waals surface area (Å²) in [6, 6.07) is 9.48. The smallest absolute Gasteiger partial charge is 0.418 e. The number of aromatic nitrogens is 1. The Morgan fingerprint density at radius 2 is 1.47 bits per heavy atom. The molecule has 0 aliphatic carbocycles. The quantitative estimate of drug-likeness (QED) is 0.183. The lowest BCUT2D eigenvalue weighted by Gasteiger charge is -2.32. The van der Waals surface area contributed by atoms with Gasteiger partial charge in [0.25, 0.3) is 17.6 Å². The van der Waals surface area contributed by atoms with Gasteiger partial charge in [0, 0.05) is 43.8 Å². The number of hydrogen-bond donors (Lipinski definition) is 0. The number of ether oxygens (including phenoxy) is 3. The number of piperidine rings is 2. The molecule has 0 saturated carbocycles. The van der Waals surface area contributed by atoms with Crippen molar-refractivity contribution in [1.82, 2.24) is 14.4 Å². The number of amides is 2. The van der Waals surface area contributed by atoms with Crippen molar-refractivity contribution in [1.29, 1.82) is 0 Å². The summed E-state index contributed by atoms with van der Waals surface area (Å²) in [6.45, 7) is 5.16. The summed E-state index contributed by atoms with van der Waals surface area (Å²) < 4.78 is 30.4. The lowest BCUT2D eigenvalue weighted by molar-refractivity contribution is -0.150. The zero-order valence-electron chi connectivity index (χ0n) is 27.0. The summed E-state index contributed by atoms with van der Waals surface area (Å²) in [7, 11) is 1.42. The van der Waals surface area contributed by atoms with Gasteiger partial charge in [-0.1, -0.05) is 12.1 Å². The minimum atomic E-state index is -0.835. The summed E-state index contributed by atoms with van der Waals surface area (Å²) in [5, 5.41) is 0.244. The van der Waals surface area contributed by atoms with Gasteiger partial charge in [-0.15, -0.1) is 0 Å². The van der Waals surface area contributed by atoms with Crippen molar-refractivity contribution in [3.05, 3.63) is 65.1 Å². The third kappa shape index (κ3) is 7.31. The van der Waals surface area contributed by atoms with Gasteiger partial charge >= 0.3 is 12.1 Å². The largest absolute Gasteiger partial charge is 0.496 e. The van der Waals surface area contributed by atoms with E-state index in [0.29, 0.717) is 31.8 Å². The van der Waals surface area contributed by atoms with Crippen LogP contribution in [0.25, 0.3) is 10.9 Å². The average molecular weight is 650 g/mol. The SMILES string of the molecule is CCOC(=O)C1CCN(C(=O)C(=O)c2cn(C(=O)OCC)c3cc(OC)c(C(=O)N4CCC(Cc5ccc(F)cc5)CC4)cc23)CC1. The number of carbonyl (C=O) groups is 5. The van der Waals surface area contributed by atoms with E-state index >= 15 is 0 Å². The number of likely N-dealkylation sites (tertiary alicyclic amines) is 2. The normalized spacial score (nSPS) is 15.8. The van der Waals surface area contributed by atoms with Gasteiger partial charge in [0.1, 0.15) is 11.6 Å². The van der Waals surface area contributed by atoms with Gasteiger partial charge in [0.05, 0.1) is 42.9 Å². The number of benzene rings is 2. The zero-order chi connectivity index (χ0) is 33.7. The molecule has 2 amide bonds. The third-order valence-corrected chi connectivity index (χ3v) is 9.00. The first kappa shape index (κ1) is 33.6. The van der Waals surface area contributed by atoms with Gasteiger partial charge < -0.3 is 24.0 Å². The Morgan fingerprint density at radius 1 is 0.830 bits per heavy atom. The van der Waals surface area contributed by atoms with Crippen LogP contribution in [0.15, 0.2) is 42.6 Å². The van der Waals surface area contributed by atoms with E-state index in [0.717, 1.165) is 29.4 Å². The molecule has 0 radical (unpaired) electrons. The van der Waals surface area contributed by atoms with Gasteiger partial charge in [0.15, 0.2) is 0 Å². The summed E-state index contributed by atoms with van der Waals surface area (Å²) >= 11 is 0. The van der Waals surface area contributed by atoms with E-state index in [-0.39, 0.29) is 77.7 Å². The number of esters is 1. The standard InChI is InChI=1S/C35H40FN3O8/c1-4-46-34(43)24-12-16-38(17-13-24)33(42)31(40)28-21-39(35(44)47-5-2)29-20-30(45-3)27(19-26(28)29)32(41)37-14-10-23(11-15-37)18-22-6-8-25(36)9-7-22/h6-9,19-21,23-24H,4-5,10-18H2,1-3H3. The van der Waals surface area contributed by atoms with Crippen LogP contribution in [0.2, 0.25) is 0 Å². The molecule has 2 fully saturated rings. The Balaban J connectivity index is 1.39. The van der Waals surface area contributed by atoms with Gasteiger partial charge in [0.2, 0.25) is 0 Å². The Kier molecular flexibility index (Phi) is 10.6. The van der Waals surface area contributed by atoms with Crippen LogP contribution >= 0.6 is 0 Å². The fourth-order valence-corrected chi connectivity index (χ4v) is 6.41. The van der Waals surface area contributed by atoms with Crippen molar-refractivity contribution in [3.8, 4) is 5.75 Å². The van der Waals surface area contributed by atoms with Crippen molar-refractivity contribution in [3.63, 3.8) is 0 Å². The first-order chi connectivity index (χ1) is 22.6. The molecule has 2 aromatic carbocycles. The van der Waals surface area contributed by atoms with E-state index in [4.69, 9.17) is 14.2 Å². The van der Waals surface area contributed by atoms with Gasteiger partial charge in [-0.25, -0.2) is 9.18 Å². The molecule has 250 valence electrons. The van der Waals surface area contributed by atoms with Gasteiger partial charge in [-0.3, -0.25) is 23.7 Å². The number of nitrogens with zero attached hydrogens (tertiary/aromatic N) is 3. The summed E-state index contributed by atoms with van der Waals surface area (Å²) in [6.07, 6.45) is 3.58. The number of fused-ring (bicyclic) bond motifs is 1. The molecule has 0 spiro atoms. The molecule has 1 aromatic heterocycles. The fraction of sp³-hybridized carbons (Fsp3) is 0.457. The van der Waals surface area contributed by atoms with Crippen molar-refractivity contribution < 1.29 is 42.6 Å². The second-order valence-corrected chi connectivity index (χ2v) is 11.9. The topological polar surface area (TPSA) is 124 Å². The summed E-state index contributed by atoms with van der Waals surface area (Å²) in [4.78, 5) is 69.2. The minimum Gasteiger partial charge on any atom is -0.496 e.